The minimum atomic E-state index is -4.50. The zero-order valence-corrected chi connectivity index (χ0v) is 18.0. The molecule has 11 heteroatoms. The lowest BCUT2D eigenvalue weighted by Gasteiger charge is -2.35. The summed E-state index contributed by atoms with van der Waals surface area (Å²) in [6, 6.07) is 7.24. The molecule has 1 aromatic carbocycles. The first kappa shape index (κ1) is 23.5. The number of anilines is 1. The molecule has 1 aromatic heterocycles. The van der Waals surface area contributed by atoms with Crippen molar-refractivity contribution >= 4 is 35.2 Å². The number of nitrogens with zero attached hydrogens (tertiary/aromatic N) is 3. The molecular weight excluding hydrogens is 456 g/mol. The van der Waals surface area contributed by atoms with Gasteiger partial charge in [-0.1, -0.05) is 29.8 Å². The maximum atomic E-state index is 13.6. The normalized spacial score (nSPS) is 14.6. The quantitative estimate of drug-likeness (QED) is 0.487. The number of thioether (sulfide) groups is 1. The van der Waals surface area contributed by atoms with Crippen molar-refractivity contribution in [1.82, 2.24) is 15.2 Å². The molecule has 2 aromatic rings. The van der Waals surface area contributed by atoms with E-state index in [-0.39, 0.29) is 22.7 Å². The van der Waals surface area contributed by atoms with Gasteiger partial charge in [-0.05, 0) is 17.7 Å². The standard InChI is InChI=1S/C20H21ClF4N4OS/c21-16-11-15(20(23,24)25)12-27-18(16)28-6-8-29(9-7-28)19(30)26-5-10-31-13-14-3-1-2-4-17(14)22/h1-4,11-12H,5-10,13H2,(H,26,30). The molecule has 5 nitrogen and oxygen atoms in total. The van der Waals surface area contributed by atoms with E-state index >= 15 is 0 Å². The van der Waals surface area contributed by atoms with Gasteiger partial charge in [-0.25, -0.2) is 14.2 Å². The average Bonchev–Trinajstić information content (AvgIpc) is 2.74. The number of piperazine rings is 1. The van der Waals surface area contributed by atoms with E-state index in [1.165, 1.54) is 17.8 Å². The van der Waals surface area contributed by atoms with E-state index in [1.807, 2.05) is 0 Å². The highest BCUT2D eigenvalue weighted by molar-refractivity contribution is 7.98. The van der Waals surface area contributed by atoms with Gasteiger partial charge in [0.2, 0.25) is 0 Å². The number of pyridine rings is 1. The largest absolute Gasteiger partial charge is 0.417 e. The van der Waals surface area contributed by atoms with Crippen LogP contribution < -0.4 is 10.2 Å². The molecule has 0 saturated carbocycles. The number of hydrogen-bond acceptors (Lipinski definition) is 4. The fourth-order valence-electron chi connectivity index (χ4n) is 3.08. The highest BCUT2D eigenvalue weighted by Crippen LogP contribution is 2.33. The van der Waals surface area contributed by atoms with Crippen LogP contribution in [0.5, 0.6) is 0 Å². The summed E-state index contributed by atoms with van der Waals surface area (Å²) in [4.78, 5) is 19.6. The lowest BCUT2D eigenvalue weighted by Crippen LogP contribution is -2.52. The number of nitrogens with one attached hydrogen (secondary N) is 1. The Labute approximate surface area is 186 Å². The van der Waals surface area contributed by atoms with Crippen LogP contribution in [0.3, 0.4) is 0 Å². The fraction of sp³-hybridized carbons (Fsp3) is 0.400. The van der Waals surface area contributed by atoms with Crippen LogP contribution in [-0.2, 0) is 11.9 Å². The van der Waals surface area contributed by atoms with E-state index in [1.54, 1.807) is 28.0 Å². The van der Waals surface area contributed by atoms with Crippen molar-refractivity contribution in [2.75, 3.05) is 43.4 Å². The van der Waals surface area contributed by atoms with Gasteiger partial charge in [0.1, 0.15) is 11.6 Å². The summed E-state index contributed by atoms with van der Waals surface area (Å²) < 4.78 is 51.8. The van der Waals surface area contributed by atoms with Gasteiger partial charge in [-0.15, -0.1) is 0 Å². The smallest absolute Gasteiger partial charge is 0.352 e. The van der Waals surface area contributed by atoms with Crippen molar-refractivity contribution in [3.8, 4) is 0 Å². The molecule has 3 rings (SSSR count). The third-order valence-corrected chi connectivity index (χ3v) is 6.04. The van der Waals surface area contributed by atoms with E-state index < -0.39 is 11.7 Å². The molecule has 0 atom stereocenters. The van der Waals surface area contributed by atoms with E-state index in [4.69, 9.17) is 11.6 Å². The Bertz CT molecular complexity index is 907. The van der Waals surface area contributed by atoms with Crippen molar-refractivity contribution in [1.29, 1.82) is 0 Å². The summed E-state index contributed by atoms with van der Waals surface area (Å²) in [5, 5.41) is 2.76. The second-order valence-electron chi connectivity index (χ2n) is 6.88. The summed E-state index contributed by atoms with van der Waals surface area (Å²) in [5.41, 5.74) is -0.266. The Morgan fingerprint density at radius 1 is 1.19 bits per heavy atom. The van der Waals surface area contributed by atoms with Gasteiger partial charge in [0, 0.05) is 50.4 Å². The van der Waals surface area contributed by atoms with Gasteiger partial charge in [-0.3, -0.25) is 0 Å². The average molecular weight is 477 g/mol. The highest BCUT2D eigenvalue weighted by atomic mass is 35.5. The Balaban J connectivity index is 1.40. The summed E-state index contributed by atoms with van der Waals surface area (Å²) in [7, 11) is 0. The summed E-state index contributed by atoms with van der Waals surface area (Å²) >= 11 is 7.52. The molecule has 2 heterocycles. The van der Waals surface area contributed by atoms with Crippen LogP contribution in [0.1, 0.15) is 11.1 Å². The van der Waals surface area contributed by atoms with Gasteiger partial charge in [0.15, 0.2) is 0 Å². The molecule has 1 N–H and O–H groups in total. The van der Waals surface area contributed by atoms with E-state index in [0.29, 0.717) is 49.8 Å². The van der Waals surface area contributed by atoms with Crippen LogP contribution in [0.15, 0.2) is 36.5 Å². The molecule has 168 valence electrons. The van der Waals surface area contributed by atoms with Crippen LogP contribution in [-0.4, -0.2) is 54.4 Å². The maximum Gasteiger partial charge on any atom is 0.417 e. The van der Waals surface area contributed by atoms with E-state index in [9.17, 15) is 22.4 Å². The molecule has 0 spiro atoms. The SMILES string of the molecule is O=C(NCCSCc1ccccc1F)N1CCN(c2ncc(C(F)(F)F)cc2Cl)CC1. The highest BCUT2D eigenvalue weighted by Gasteiger charge is 2.32. The molecule has 0 aliphatic carbocycles. The third-order valence-electron chi connectivity index (χ3n) is 4.75. The molecule has 0 unspecified atom stereocenters. The van der Waals surface area contributed by atoms with Gasteiger partial charge in [-0.2, -0.15) is 24.9 Å². The number of amides is 2. The molecule has 1 aliphatic rings. The van der Waals surface area contributed by atoms with E-state index in [0.717, 1.165) is 12.3 Å². The first-order chi connectivity index (χ1) is 14.8. The molecule has 31 heavy (non-hydrogen) atoms. The van der Waals surface area contributed by atoms with Crippen molar-refractivity contribution in [2.45, 2.75) is 11.9 Å². The number of hydrogen-bond donors (Lipinski definition) is 1. The van der Waals surface area contributed by atoms with Crippen LogP contribution in [0.25, 0.3) is 0 Å². The van der Waals surface area contributed by atoms with Crippen molar-refractivity contribution in [3.63, 3.8) is 0 Å². The first-order valence-corrected chi connectivity index (χ1v) is 11.1. The number of halogens is 5. The summed E-state index contributed by atoms with van der Waals surface area (Å²) in [5.74, 6) is 1.21. The molecule has 1 fully saturated rings. The van der Waals surface area contributed by atoms with Crippen LogP contribution >= 0.6 is 23.4 Å². The van der Waals surface area contributed by atoms with E-state index in [2.05, 4.69) is 10.3 Å². The van der Waals surface area contributed by atoms with Crippen molar-refractivity contribution < 1.29 is 22.4 Å². The maximum absolute atomic E-state index is 13.6. The Morgan fingerprint density at radius 2 is 1.90 bits per heavy atom. The zero-order chi connectivity index (χ0) is 22.4. The Morgan fingerprint density at radius 3 is 2.55 bits per heavy atom. The number of benzene rings is 1. The number of alkyl halides is 3. The molecule has 0 bridgehead atoms. The second-order valence-corrected chi connectivity index (χ2v) is 8.39. The van der Waals surface area contributed by atoms with Gasteiger partial charge < -0.3 is 15.1 Å². The Hall–Kier alpha value is -2.20. The number of carbonyl (C=O) groups excluding carboxylic acids is 1. The lowest BCUT2D eigenvalue weighted by atomic mass is 10.2. The molecular formula is C20H21ClF4N4OS. The second kappa shape index (κ2) is 10.4. The minimum absolute atomic E-state index is 0.0698. The van der Waals surface area contributed by atoms with Crippen LogP contribution in [0.2, 0.25) is 5.02 Å². The lowest BCUT2D eigenvalue weighted by molar-refractivity contribution is -0.137. The monoisotopic (exact) mass is 476 g/mol. The molecule has 1 aliphatic heterocycles. The molecule has 2 amide bonds. The number of aromatic nitrogens is 1. The van der Waals surface area contributed by atoms with Crippen LogP contribution in [0.4, 0.5) is 28.2 Å². The van der Waals surface area contributed by atoms with Crippen LogP contribution in [0, 0.1) is 5.82 Å². The summed E-state index contributed by atoms with van der Waals surface area (Å²) in [6.07, 6.45) is -3.74. The predicted molar refractivity (Wildman–Crippen MR) is 114 cm³/mol. The number of rotatable bonds is 6. The van der Waals surface area contributed by atoms with Gasteiger partial charge in [0.25, 0.3) is 0 Å². The van der Waals surface area contributed by atoms with Gasteiger partial charge in [0.05, 0.1) is 10.6 Å². The number of urea groups is 1. The zero-order valence-electron chi connectivity index (χ0n) is 16.5. The third kappa shape index (κ3) is 6.39. The van der Waals surface area contributed by atoms with Crippen molar-refractivity contribution in [3.05, 3.63) is 58.5 Å². The summed E-state index contributed by atoms with van der Waals surface area (Å²) in [6.45, 7) is 2.06. The van der Waals surface area contributed by atoms with Crippen molar-refractivity contribution in [2.24, 2.45) is 0 Å². The van der Waals surface area contributed by atoms with Gasteiger partial charge >= 0.3 is 12.2 Å². The Kier molecular flexibility index (Phi) is 7.88. The molecule has 0 radical (unpaired) electrons. The first-order valence-electron chi connectivity index (χ1n) is 9.57. The fourth-order valence-corrected chi connectivity index (χ4v) is 4.21. The minimum Gasteiger partial charge on any atom is -0.352 e. The number of carbonyl (C=O) groups is 1. The molecule has 1 saturated heterocycles. The topological polar surface area (TPSA) is 48.5 Å². The predicted octanol–water partition coefficient (Wildman–Crippen LogP) is 4.66.